The van der Waals surface area contributed by atoms with Crippen molar-refractivity contribution in [1.82, 2.24) is 25.5 Å². The van der Waals surface area contributed by atoms with Gasteiger partial charge >= 0.3 is 5.97 Å². The number of amides is 2. The number of benzene rings is 2. The van der Waals surface area contributed by atoms with Gasteiger partial charge in [0.1, 0.15) is 11.9 Å². The third-order valence-corrected chi connectivity index (χ3v) is 4.67. The Kier molecular flexibility index (Phi) is 6.99. The minimum Gasteiger partial charge on any atom is -0.480 e. The second-order valence-corrected chi connectivity index (χ2v) is 7.37. The third kappa shape index (κ3) is 6.13. The van der Waals surface area contributed by atoms with Crippen LogP contribution in [0.2, 0.25) is 0 Å². The highest BCUT2D eigenvalue weighted by molar-refractivity contribution is 5.94. The predicted molar refractivity (Wildman–Crippen MR) is 115 cm³/mol. The predicted octanol–water partition coefficient (Wildman–Crippen LogP) is 1.51. The Balaban J connectivity index is 1.53. The number of nitrogens with zero attached hydrogens (tertiary/aromatic N) is 2. The maximum absolute atomic E-state index is 12.3. The number of imidazole rings is 1. The van der Waals surface area contributed by atoms with Crippen molar-refractivity contribution < 1.29 is 19.5 Å². The molecule has 4 N–H and O–H groups in total. The van der Waals surface area contributed by atoms with Crippen molar-refractivity contribution in [3.63, 3.8) is 0 Å². The number of carbonyl (C=O) groups is 3. The molecule has 9 heteroatoms. The average molecular weight is 423 g/mol. The summed E-state index contributed by atoms with van der Waals surface area (Å²) in [4.78, 5) is 44.5. The van der Waals surface area contributed by atoms with Gasteiger partial charge in [0.15, 0.2) is 0 Å². The summed E-state index contributed by atoms with van der Waals surface area (Å²) in [5.74, 6) is -1.21. The Morgan fingerprint density at radius 3 is 2.45 bits per heavy atom. The van der Waals surface area contributed by atoms with Crippen LogP contribution < -0.4 is 10.6 Å². The Bertz CT molecular complexity index is 1040. The molecule has 0 aliphatic rings. The minimum atomic E-state index is -1.21. The van der Waals surface area contributed by atoms with E-state index in [-0.39, 0.29) is 6.54 Å². The second-order valence-electron chi connectivity index (χ2n) is 7.37. The van der Waals surface area contributed by atoms with Gasteiger partial charge in [-0.3, -0.25) is 14.5 Å². The number of aliphatic carboxylic acids is 1. The van der Waals surface area contributed by atoms with Crippen LogP contribution in [-0.4, -0.2) is 57.4 Å². The molecule has 1 heterocycles. The monoisotopic (exact) mass is 423 g/mol. The smallest absolute Gasteiger partial charge is 0.328 e. The number of fused-ring (bicyclic) bond motifs is 1. The van der Waals surface area contributed by atoms with Crippen LogP contribution in [-0.2, 0) is 22.7 Å². The highest BCUT2D eigenvalue weighted by atomic mass is 16.4. The van der Waals surface area contributed by atoms with E-state index in [9.17, 15) is 14.4 Å². The molecule has 1 unspecified atom stereocenters. The summed E-state index contributed by atoms with van der Waals surface area (Å²) < 4.78 is 0. The largest absolute Gasteiger partial charge is 0.480 e. The van der Waals surface area contributed by atoms with Gasteiger partial charge in [-0.15, -0.1) is 0 Å². The van der Waals surface area contributed by atoms with Crippen LogP contribution in [0.1, 0.15) is 28.7 Å². The van der Waals surface area contributed by atoms with E-state index in [1.807, 2.05) is 43.4 Å². The molecule has 0 bridgehead atoms. The molecule has 0 aliphatic carbocycles. The highest BCUT2D eigenvalue weighted by Crippen LogP contribution is 2.13. The van der Waals surface area contributed by atoms with Crippen LogP contribution in [0.5, 0.6) is 0 Å². The lowest BCUT2D eigenvalue weighted by Gasteiger charge is -2.16. The first-order valence-electron chi connectivity index (χ1n) is 9.81. The number of nitrogens with one attached hydrogen (secondary N) is 3. The molecule has 3 rings (SSSR count). The van der Waals surface area contributed by atoms with E-state index in [0.717, 1.165) is 22.4 Å². The van der Waals surface area contributed by atoms with Crippen LogP contribution in [0.3, 0.4) is 0 Å². The number of hydrogen-bond donors (Lipinski definition) is 4. The van der Waals surface area contributed by atoms with Crippen molar-refractivity contribution in [2.24, 2.45) is 0 Å². The zero-order valence-corrected chi connectivity index (χ0v) is 17.4. The van der Waals surface area contributed by atoms with E-state index in [0.29, 0.717) is 18.7 Å². The van der Waals surface area contributed by atoms with E-state index < -0.39 is 23.8 Å². The zero-order valence-electron chi connectivity index (χ0n) is 17.4. The van der Waals surface area contributed by atoms with E-state index in [2.05, 4.69) is 25.5 Å². The lowest BCUT2D eigenvalue weighted by atomic mass is 10.1. The molecule has 1 aromatic heterocycles. The number of aromatic amines is 1. The molecule has 2 aromatic carbocycles. The van der Waals surface area contributed by atoms with Crippen molar-refractivity contribution in [3.05, 3.63) is 65.5 Å². The van der Waals surface area contributed by atoms with Crippen molar-refractivity contribution >= 4 is 28.8 Å². The Morgan fingerprint density at radius 1 is 1.10 bits per heavy atom. The molecule has 0 fully saturated rings. The molecule has 0 spiro atoms. The first-order valence-corrected chi connectivity index (χ1v) is 9.81. The van der Waals surface area contributed by atoms with Crippen LogP contribution >= 0.6 is 0 Å². The summed E-state index contributed by atoms with van der Waals surface area (Å²) in [5.41, 5.74) is 3.38. The van der Waals surface area contributed by atoms with Crippen molar-refractivity contribution in [2.75, 3.05) is 13.6 Å². The molecule has 0 saturated carbocycles. The fourth-order valence-corrected chi connectivity index (χ4v) is 3.21. The van der Waals surface area contributed by atoms with Crippen LogP contribution in [0.25, 0.3) is 11.0 Å². The standard InChI is InChI=1S/C22H25N5O4/c1-14(28)24-19(22(30)31)11-23-21(29)16-9-7-15(8-10-16)12-27(2)13-20-25-17-5-3-4-6-18(17)26-20/h3-10,19H,11-13H2,1-2H3,(H,23,29)(H,24,28)(H,25,26)(H,30,31). The maximum Gasteiger partial charge on any atom is 0.328 e. The number of H-pyrrole nitrogens is 1. The lowest BCUT2D eigenvalue weighted by Crippen LogP contribution is -2.47. The van der Waals surface area contributed by atoms with Gasteiger partial charge in [-0.2, -0.15) is 0 Å². The summed E-state index contributed by atoms with van der Waals surface area (Å²) in [6.07, 6.45) is 0. The third-order valence-electron chi connectivity index (χ3n) is 4.67. The topological polar surface area (TPSA) is 127 Å². The molecular formula is C22H25N5O4. The Labute approximate surface area is 179 Å². The van der Waals surface area contributed by atoms with Gasteiger partial charge in [-0.1, -0.05) is 24.3 Å². The second kappa shape index (κ2) is 9.86. The molecule has 162 valence electrons. The van der Waals surface area contributed by atoms with Crippen molar-refractivity contribution in [1.29, 1.82) is 0 Å². The van der Waals surface area contributed by atoms with Gasteiger partial charge in [-0.05, 0) is 36.9 Å². The quantitative estimate of drug-likeness (QED) is 0.413. The number of para-hydroxylation sites is 2. The highest BCUT2D eigenvalue weighted by Gasteiger charge is 2.19. The fraction of sp³-hybridized carbons (Fsp3) is 0.273. The molecule has 31 heavy (non-hydrogen) atoms. The van der Waals surface area contributed by atoms with E-state index in [4.69, 9.17) is 5.11 Å². The summed E-state index contributed by atoms with van der Waals surface area (Å²) in [7, 11) is 1.99. The van der Waals surface area contributed by atoms with Crippen LogP contribution in [0, 0.1) is 0 Å². The Morgan fingerprint density at radius 2 is 1.81 bits per heavy atom. The molecule has 0 aliphatic heterocycles. The van der Waals surface area contributed by atoms with Gasteiger partial charge < -0.3 is 20.7 Å². The molecule has 0 radical (unpaired) electrons. The van der Waals surface area contributed by atoms with Crippen molar-refractivity contribution in [2.45, 2.75) is 26.1 Å². The Hall–Kier alpha value is -3.72. The molecule has 2 amide bonds. The molecule has 9 nitrogen and oxygen atoms in total. The first-order chi connectivity index (χ1) is 14.8. The summed E-state index contributed by atoms with van der Waals surface area (Å²) in [5, 5.41) is 13.9. The van der Waals surface area contributed by atoms with Gasteiger partial charge in [0.05, 0.1) is 17.6 Å². The number of aromatic nitrogens is 2. The fourth-order valence-electron chi connectivity index (χ4n) is 3.21. The van der Waals surface area contributed by atoms with Gasteiger partial charge in [0.2, 0.25) is 5.91 Å². The first kappa shape index (κ1) is 22.0. The number of hydrogen-bond acceptors (Lipinski definition) is 5. The summed E-state index contributed by atoms with van der Waals surface area (Å²) in [6.45, 7) is 2.34. The number of carboxylic acid groups (broad SMARTS) is 1. The van der Waals surface area contributed by atoms with E-state index in [1.165, 1.54) is 6.92 Å². The lowest BCUT2D eigenvalue weighted by molar-refractivity contribution is -0.141. The minimum absolute atomic E-state index is 0.199. The van der Waals surface area contributed by atoms with Gasteiger partial charge in [0, 0.05) is 25.6 Å². The number of rotatable bonds is 9. The van der Waals surface area contributed by atoms with E-state index >= 15 is 0 Å². The number of carbonyl (C=O) groups excluding carboxylic acids is 2. The van der Waals surface area contributed by atoms with Crippen molar-refractivity contribution in [3.8, 4) is 0 Å². The summed E-state index contributed by atoms with van der Waals surface area (Å²) >= 11 is 0. The molecular weight excluding hydrogens is 398 g/mol. The van der Waals surface area contributed by atoms with Gasteiger partial charge in [0.25, 0.3) is 5.91 Å². The average Bonchev–Trinajstić information content (AvgIpc) is 3.13. The van der Waals surface area contributed by atoms with E-state index in [1.54, 1.807) is 12.1 Å². The van der Waals surface area contributed by atoms with Crippen LogP contribution in [0.15, 0.2) is 48.5 Å². The summed E-state index contributed by atoms with van der Waals surface area (Å²) in [6, 6.07) is 13.8. The molecule has 1 atom stereocenters. The molecule has 0 saturated heterocycles. The maximum atomic E-state index is 12.3. The normalized spacial score (nSPS) is 12.0. The number of carboxylic acids is 1. The van der Waals surface area contributed by atoms with Gasteiger partial charge in [-0.25, -0.2) is 9.78 Å². The zero-order chi connectivity index (χ0) is 22.4. The SMILES string of the molecule is CC(=O)NC(CNC(=O)c1ccc(CN(C)Cc2nc3ccccc3[nH]2)cc1)C(=O)O. The van der Waals surface area contributed by atoms with Crippen LogP contribution in [0.4, 0.5) is 0 Å². The molecule has 3 aromatic rings.